The van der Waals surface area contributed by atoms with Gasteiger partial charge < -0.3 is 4.98 Å². The van der Waals surface area contributed by atoms with E-state index in [4.69, 9.17) is 12.2 Å². The molecule has 0 spiro atoms. The van der Waals surface area contributed by atoms with Crippen LogP contribution in [0.25, 0.3) is 0 Å². The third-order valence-electron chi connectivity index (χ3n) is 2.93. The second-order valence-corrected chi connectivity index (χ2v) is 6.99. The van der Waals surface area contributed by atoms with E-state index in [1.807, 2.05) is 13.8 Å². The fourth-order valence-corrected chi connectivity index (χ4v) is 3.17. The average Bonchev–Trinajstić information content (AvgIpc) is 2.38. The van der Waals surface area contributed by atoms with E-state index in [9.17, 15) is 13.2 Å². The molecule has 106 valence electrons. The smallest absolute Gasteiger partial charge is 0.270 e. The summed E-state index contributed by atoms with van der Waals surface area (Å²) in [6, 6.07) is 6.51. The van der Waals surface area contributed by atoms with Gasteiger partial charge in [-0.15, -0.1) is 0 Å². The topological polar surface area (TPSA) is 82.8 Å². The number of benzene rings is 1. The standard InChI is InChI=1S/C13H14N2O3S2/c1-8(2)9-3-5-10(6-4-9)20(17,18)11-7-14-13(19)15-12(11)16/h3-8H,1-2H3,(H2,14,15,16,19). The van der Waals surface area contributed by atoms with Gasteiger partial charge in [-0.1, -0.05) is 26.0 Å². The van der Waals surface area contributed by atoms with Gasteiger partial charge >= 0.3 is 0 Å². The maximum absolute atomic E-state index is 12.4. The molecule has 0 atom stereocenters. The summed E-state index contributed by atoms with van der Waals surface area (Å²) in [5, 5.41) is 0. The van der Waals surface area contributed by atoms with Gasteiger partial charge in [0, 0.05) is 6.20 Å². The van der Waals surface area contributed by atoms with Crippen molar-refractivity contribution in [2.24, 2.45) is 0 Å². The maximum atomic E-state index is 12.4. The van der Waals surface area contributed by atoms with Crippen molar-refractivity contribution in [1.82, 2.24) is 9.97 Å². The summed E-state index contributed by atoms with van der Waals surface area (Å²) < 4.78 is 24.8. The van der Waals surface area contributed by atoms with E-state index in [2.05, 4.69) is 9.97 Å². The van der Waals surface area contributed by atoms with Crippen molar-refractivity contribution >= 4 is 22.1 Å². The summed E-state index contributed by atoms with van der Waals surface area (Å²) in [5.41, 5.74) is 0.312. The molecule has 1 heterocycles. The molecular weight excluding hydrogens is 296 g/mol. The van der Waals surface area contributed by atoms with Gasteiger partial charge in [-0.25, -0.2) is 8.42 Å². The highest BCUT2D eigenvalue weighted by molar-refractivity contribution is 7.91. The molecule has 0 bridgehead atoms. The van der Waals surface area contributed by atoms with Crippen molar-refractivity contribution in [1.29, 1.82) is 0 Å². The molecule has 0 saturated carbocycles. The van der Waals surface area contributed by atoms with E-state index >= 15 is 0 Å². The molecule has 7 heteroatoms. The molecule has 5 nitrogen and oxygen atoms in total. The zero-order valence-corrected chi connectivity index (χ0v) is 12.6. The Hall–Kier alpha value is -1.73. The van der Waals surface area contributed by atoms with Crippen LogP contribution in [0.3, 0.4) is 0 Å². The second-order valence-electron chi connectivity index (χ2n) is 4.66. The molecule has 1 aromatic carbocycles. The second kappa shape index (κ2) is 5.34. The number of rotatable bonds is 3. The predicted octanol–water partition coefficient (Wildman–Crippen LogP) is 2.39. The van der Waals surface area contributed by atoms with Gasteiger partial charge in [0.1, 0.15) is 0 Å². The predicted molar refractivity (Wildman–Crippen MR) is 78.2 cm³/mol. The Kier molecular flexibility index (Phi) is 3.92. The van der Waals surface area contributed by atoms with E-state index < -0.39 is 15.4 Å². The Labute approximate surface area is 121 Å². The number of hydrogen-bond acceptors (Lipinski definition) is 4. The van der Waals surface area contributed by atoms with Gasteiger partial charge in [0.25, 0.3) is 5.56 Å². The molecule has 0 unspecified atom stereocenters. The minimum Gasteiger partial charge on any atom is -0.337 e. The van der Waals surface area contributed by atoms with Crippen LogP contribution in [0.4, 0.5) is 0 Å². The molecule has 0 aliphatic heterocycles. The van der Waals surface area contributed by atoms with Crippen molar-refractivity contribution in [3.8, 4) is 0 Å². The Morgan fingerprint density at radius 1 is 1.15 bits per heavy atom. The molecule has 0 aliphatic carbocycles. The molecule has 0 amide bonds. The number of sulfone groups is 1. The SMILES string of the molecule is CC(C)c1ccc(S(=O)(=O)c2c[nH]c(=S)[nH]c2=O)cc1. The number of aromatic amines is 2. The first-order chi connectivity index (χ1) is 9.32. The van der Waals surface area contributed by atoms with Crippen LogP contribution in [-0.4, -0.2) is 18.4 Å². The third kappa shape index (κ3) is 2.73. The highest BCUT2D eigenvalue weighted by Crippen LogP contribution is 2.20. The van der Waals surface area contributed by atoms with E-state index in [-0.39, 0.29) is 14.6 Å². The first-order valence-electron chi connectivity index (χ1n) is 5.99. The van der Waals surface area contributed by atoms with Gasteiger partial charge in [-0.3, -0.25) is 9.78 Å². The number of nitrogens with one attached hydrogen (secondary N) is 2. The lowest BCUT2D eigenvalue weighted by atomic mass is 10.0. The van der Waals surface area contributed by atoms with Crippen molar-refractivity contribution < 1.29 is 8.42 Å². The molecule has 0 saturated heterocycles. The summed E-state index contributed by atoms with van der Waals surface area (Å²) in [5.74, 6) is 0.308. The average molecular weight is 310 g/mol. The van der Waals surface area contributed by atoms with Crippen molar-refractivity contribution in [3.05, 3.63) is 51.2 Å². The van der Waals surface area contributed by atoms with E-state index in [1.165, 1.54) is 12.1 Å². The number of H-pyrrole nitrogens is 2. The summed E-state index contributed by atoms with van der Waals surface area (Å²) in [7, 11) is -3.85. The zero-order chi connectivity index (χ0) is 14.9. The lowest BCUT2D eigenvalue weighted by Gasteiger charge is -2.07. The van der Waals surface area contributed by atoms with Gasteiger partial charge in [-0.05, 0) is 35.8 Å². The normalized spacial score (nSPS) is 11.8. The monoisotopic (exact) mass is 310 g/mol. The van der Waals surface area contributed by atoms with Crippen LogP contribution in [0.5, 0.6) is 0 Å². The molecule has 20 heavy (non-hydrogen) atoms. The minimum atomic E-state index is -3.85. The first-order valence-corrected chi connectivity index (χ1v) is 7.88. The van der Waals surface area contributed by atoms with Crippen LogP contribution >= 0.6 is 12.2 Å². The Bertz CT molecular complexity index is 831. The fraction of sp³-hybridized carbons (Fsp3) is 0.231. The summed E-state index contributed by atoms with van der Waals surface area (Å²) >= 11 is 4.74. The molecule has 2 N–H and O–H groups in total. The third-order valence-corrected chi connectivity index (χ3v) is 4.93. The van der Waals surface area contributed by atoms with Crippen LogP contribution in [0.15, 0.2) is 45.0 Å². The minimum absolute atomic E-state index is 0.0814. The van der Waals surface area contributed by atoms with Gasteiger partial charge in [0.05, 0.1) is 4.90 Å². The van der Waals surface area contributed by atoms with Crippen LogP contribution < -0.4 is 5.56 Å². The van der Waals surface area contributed by atoms with Gasteiger partial charge in [0.15, 0.2) is 9.67 Å². The molecule has 1 aromatic heterocycles. The summed E-state index contributed by atoms with van der Waals surface area (Å²) in [6.07, 6.45) is 1.12. The summed E-state index contributed by atoms with van der Waals surface area (Å²) in [4.78, 5) is 16.2. The largest absolute Gasteiger partial charge is 0.337 e. The van der Waals surface area contributed by atoms with E-state index in [1.54, 1.807) is 12.1 Å². The molecular formula is C13H14N2O3S2. The number of aromatic nitrogens is 2. The van der Waals surface area contributed by atoms with Crippen molar-refractivity contribution in [3.63, 3.8) is 0 Å². The lowest BCUT2D eigenvalue weighted by Crippen LogP contribution is -2.18. The fourth-order valence-electron chi connectivity index (χ4n) is 1.76. The molecule has 0 radical (unpaired) electrons. The van der Waals surface area contributed by atoms with E-state index in [0.717, 1.165) is 11.8 Å². The van der Waals surface area contributed by atoms with Crippen LogP contribution in [0, 0.1) is 4.77 Å². The van der Waals surface area contributed by atoms with Crippen molar-refractivity contribution in [2.45, 2.75) is 29.6 Å². The molecule has 0 aliphatic rings. The summed E-state index contributed by atoms with van der Waals surface area (Å²) in [6.45, 7) is 4.04. The van der Waals surface area contributed by atoms with E-state index in [0.29, 0.717) is 5.92 Å². The van der Waals surface area contributed by atoms with Crippen LogP contribution in [0.2, 0.25) is 0 Å². The first kappa shape index (κ1) is 14.7. The van der Waals surface area contributed by atoms with Crippen molar-refractivity contribution in [2.75, 3.05) is 0 Å². The lowest BCUT2D eigenvalue weighted by molar-refractivity contribution is 0.594. The van der Waals surface area contributed by atoms with Gasteiger partial charge in [0.2, 0.25) is 9.84 Å². The maximum Gasteiger partial charge on any atom is 0.270 e. The Morgan fingerprint density at radius 3 is 2.25 bits per heavy atom. The van der Waals surface area contributed by atoms with Crippen LogP contribution in [0.1, 0.15) is 25.3 Å². The highest BCUT2D eigenvalue weighted by atomic mass is 32.2. The quantitative estimate of drug-likeness (QED) is 0.853. The molecule has 2 aromatic rings. The number of hydrogen-bond donors (Lipinski definition) is 2. The zero-order valence-electron chi connectivity index (χ0n) is 11.0. The highest BCUT2D eigenvalue weighted by Gasteiger charge is 2.21. The Morgan fingerprint density at radius 2 is 1.75 bits per heavy atom. The van der Waals surface area contributed by atoms with Gasteiger partial charge in [-0.2, -0.15) is 0 Å². The van der Waals surface area contributed by atoms with Crippen LogP contribution in [-0.2, 0) is 9.84 Å². The Balaban J connectivity index is 2.55. The molecule has 0 fully saturated rings. The molecule has 2 rings (SSSR count).